The molecule has 4 nitrogen and oxygen atoms in total. The number of carbonyl (C=O) groups is 1. The SMILES string of the molecule is CN1CCOC(CNC(=O)C23CC4CC(CC(C4)C2)C3)C1. The van der Waals surface area contributed by atoms with Crippen LogP contribution in [0.25, 0.3) is 0 Å². The molecule has 0 radical (unpaired) electrons. The predicted octanol–water partition coefficient (Wildman–Crippen LogP) is 1.65. The van der Waals surface area contributed by atoms with Gasteiger partial charge in [-0.1, -0.05) is 0 Å². The van der Waals surface area contributed by atoms with Crippen molar-refractivity contribution in [2.45, 2.75) is 44.6 Å². The number of likely N-dealkylation sites (N-methyl/N-ethyl adjacent to an activating group) is 1. The number of morpholine rings is 1. The fraction of sp³-hybridized carbons (Fsp3) is 0.941. The highest BCUT2D eigenvalue weighted by Crippen LogP contribution is 2.60. The zero-order valence-electron chi connectivity index (χ0n) is 13.1. The zero-order chi connectivity index (χ0) is 14.4. The molecule has 1 amide bonds. The summed E-state index contributed by atoms with van der Waals surface area (Å²) < 4.78 is 5.76. The molecule has 1 unspecified atom stereocenters. The summed E-state index contributed by atoms with van der Waals surface area (Å²) in [7, 11) is 2.12. The lowest BCUT2D eigenvalue weighted by atomic mass is 9.49. The van der Waals surface area contributed by atoms with Crippen LogP contribution in [0.5, 0.6) is 0 Å². The molecule has 5 fully saturated rings. The van der Waals surface area contributed by atoms with E-state index in [4.69, 9.17) is 4.74 Å². The number of ether oxygens (including phenoxy) is 1. The van der Waals surface area contributed by atoms with Crippen molar-refractivity contribution in [2.75, 3.05) is 33.3 Å². The Balaban J connectivity index is 1.36. The van der Waals surface area contributed by atoms with Gasteiger partial charge in [-0.25, -0.2) is 0 Å². The van der Waals surface area contributed by atoms with Gasteiger partial charge in [0.15, 0.2) is 0 Å². The molecule has 21 heavy (non-hydrogen) atoms. The molecule has 1 saturated heterocycles. The minimum atomic E-state index is -0.0185. The van der Waals surface area contributed by atoms with Crippen LogP contribution < -0.4 is 5.32 Å². The van der Waals surface area contributed by atoms with Crippen LogP contribution in [0.4, 0.5) is 0 Å². The van der Waals surface area contributed by atoms with Crippen molar-refractivity contribution in [1.29, 1.82) is 0 Å². The molecule has 1 aliphatic heterocycles. The zero-order valence-corrected chi connectivity index (χ0v) is 13.1. The Bertz CT molecular complexity index is 388. The Kier molecular flexibility index (Phi) is 3.49. The van der Waals surface area contributed by atoms with Crippen molar-refractivity contribution in [3.8, 4) is 0 Å². The van der Waals surface area contributed by atoms with E-state index in [2.05, 4.69) is 17.3 Å². The minimum Gasteiger partial charge on any atom is -0.374 e. The summed E-state index contributed by atoms with van der Waals surface area (Å²) in [5.41, 5.74) is -0.0185. The molecule has 4 bridgehead atoms. The van der Waals surface area contributed by atoms with Crippen LogP contribution in [0.1, 0.15) is 38.5 Å². The number of amides is 1. The first-order valence-electron chi connectivity index (χ1n) is 8.71. The van der Waals surface area contributed by atoms with Gasteiger partial charge in [-0.3, -0.25) is 4.79 Å². The Morgan fingerprint density at radius 1 is 1.19 bits per heavy atom. The summed E-state index contributed by atoms with van der Waals surface area (Å²) >= 11 is 0. The van der Waals surface area contributed by atoms with E-state index in [9.17, 15) is 4.79 Å². The molecule has 1 atom stereocenters. The minimum absolute atomic E-state index is 0.0185. The molecule has 5 rings (SSSR count). The topological polar surface area (TPSA) is 41.6 Å². The van der Waals surface area contributed by atoms with Crippen LogP contribution in [-0.4, -0.2) is 50.2 Å². The van der Waals surface area contributed by atoms with Crippen LogP contribution in [0.3, 0.4) is 0 Å². The van der Waals surface area contributed by atoms with E-state index in [1.165, 1.54) is 19.3 Å². The molecule has 1 heterocycles. The van der Waals surface area contributed by atoms with E-state index >= 15 is 0 Å². The van der Waals surface area contributed by atoms with Crippen LogP contribution in [0.2, 0.25) is 0 Å². The van der Waals surface area contributed by atoms with Gasteiger partial charge in [0.1, 0.15) is 0 Å². The van der Waals surface area contributed by atoms with Gasteiger partial charge in [0.25, 0.3) is 0 Å². The number of carbonyl (C=O) groups excluding carboxylic acids is 1. The maximum absolute atomic E-state index is 12.8. The van der Waals surface area contributed by atoms with Gasteiger partial charge in [-0.2, -0.15) is 0 Å². The van der Waals surface area contributed by atoms with Gasteiger partial charge in [-0.15, -0.1) is 0 Å². The second kappa shape index (κ2) is 5.24. The number of nitrogens with one attached hydrogen (secondary N) is 1. The van der Waals surface area contributed by atoms with Gasteiger partial charge in [0.2, 0.25) is 5.91 Å². The van der Waals surface area contributed by atoms with E-state index in [1.54, 1.807) is 0 Å². The summed E-state index contributed by atoms with van der Waals surface area (Å²) in [5.74, 6) is 2.83. The van der Waals surface area contributed by atoms with Gasteiger partial charge in [-0.05, 0) is 63.3 Å². The molecular formula is C17H28N2O2. The van der Waals surface area contributed by atoms with Crippen LogP contribution in [0.15, 0.2) is 0 Å². The molecule has 118 valence electrons. The first-order chi connectivity index (χ1) is 10.1. The predicted molar refractivity (Wildman–Crippen MR) is 80.9 cm³/mol. The Morgan fingerprint density at radius 3 is 2.38 bits per heavy atom. The van der Waals surface area contributed by atoms with Crippen molar-refractivity contribution >= 4 is 5.91 Å². The van der Waals surface area contributed by atoms with Crippen molar-refractivity contribution in [1.82, 2.24) is 10.2 Å². The second-order valence-electron chi connectivity index (χ2n) is 8.16. The fourth-order valence-corrected chi connectivity index (χ4v) is 5.77. The smallest absolute Gasteiger partial charge is 0.226 e. The third kappa shape index (κ3) is 2.61. The van der Waals surface area contributed by atoms with Crippen LogP contribution in [-0.2, 0) is 9.53 Å². The standard InChI is InChI=1S/C17H28N2O2/c1-19-2-3-21-15(11-19)10-18-16(20)17-7-12-4-13(8-17)6-14(5-12)9-17/h12-15H,2-11H2,1H3,(H,18,20). The molecular weight excluding hydrogens is 264 g/mol. The molecule has 1 N–H and O–H groups in total. The van der Waals surface area contributed by atoms with Crippen LogP contribution >= 0.6 is 0 Å². The lowest BCUT2D eigenvalue weighted by Crippen LogP contribution is -2.55. The Labute approximate surface area is 127 Å². The fourth-order valence-electron chi connectivity index (χ4n) is 5.77. The summed E-state index contributed by atoms with van der Waals surface area (Å²) in [6.07, 6.45) is 7.79. The summed E-state index contributed by atoms with van der Waals surface area (Å²) in [6.45, 7) is 3.40. The van der Waals surface area contributed by atoms with Gasteiger partial charge >= 0.3 is 0 Å². The van der Waals surface area contributed by atoms with E-state index in [-0.39, 0.29) is 11.5 Å². The molecule has 0 aromatic rings. The molecule has 4 aliphatic carbocycles. The number of hydrogen-bond acceptors (Lipinski definition) is 3. The van der Waals surface area contributed by atoms with Gasteiger partial charge < -0.3 is 15.0 Å². The molecule has 0 spiro atoms. The van der Waals surface area contributed by atoms with E-state index in [1.807, 2.05) is 0 Å². The molecule has 4 heteroatoms. The summed E-state index contributed by atoms with van der Waals surface area (Å²) in [6, 6.07) is 0. The maximum Gasteiger partial charge on any atom is 0.226 e. The largest absolute Gasteiger partial charge is 0.374 e. The normalized spacial score (nSPS) is 45.8. The first kappa shape index (κ1) is 14.0. The van der Waals surface area contributed by atoms with Crippen molar-refractivity contribution < 1.29 is 9.53 Å². The first-order valence-corrected chi connectivity index (χ1v) is 8.71. The van der Waals surface area contributed by atoms with Crippen molar-refractivity contribution in [3.05, 3.63) is 0 Å². The third-order valence-electron chi connectivity index (χ3n) is 6.35. The van der Waals surface area contributed by atoms with Gasteiger partial charge in [0, 0.05) is 25.0 Å². The van der Waals surface area contributed by atoms with E-state index in [0.29, 0.717) is 12.5 Å². The van der Waals surface area contributed by atoms with E-state index in [0.717, 1.165) is 56.7 Å². The number of hydrogen-bond donors (Lipinski definition) is 1. The average molecular weight is 292 g/mol. The van der Waals surface area contributed by atoms with E-state index < -0.39 is 0 Å². The average Bonchev–Trinajstić information content (AvgIpc) is 2.43. The molecule has 0 aromatic heterocycles. The van der Waals surface area contributed by atoms with Gasteiger partial charge in [0.05, 0.1) is 12.7 Å². The summed E-state index contributed by atoms with van der Waals surface area (Å²) in [5, 5.41) is 3.24. The van der Waals surface area contributed by atoms with Crippen molar-refractivity contribution in [2.24, 2.45) is 23.2 Å². The highest BCUT2D eigenvalue weighted by molar-refractivity contribution is 5.83. The van der Waals surface area contributed by atoms with Crippen LogP contribution in [0, 0.1) is 23.2 Å². The lowest BCUT2D eigenvalue weighted by Gasteiger charge is -2.55. The number of rotatable bonds is 3. The summed E-state index contributed by atoms with van der Waals surface area (Å²) in [4.78, 5) is 15.1. The third-order valence-corrected chi connectivity index (χ3v) is 6.35. The molecule has 4 saturated carbocycles. The maximum atomic E-state index is 12.8. The highest BCUT2D eigenvalue weighted by atomic mass is 16.5. The lowest BCUT2D eigenvalue weighted by molar-refractivity contribution is -0.147. The Hall–Kier alpha value is -0.610. The molecule has 0 aromatic carbocycles. The van der Waals surface area contributed by atoms with Crippen molar-refractivity contribution in [3.63, 3.8) is 0 Å². The Morgan fingerprint density at radius 2 is 1.81 bits per heavy atom. The second-order valence-corrected chi connectivity index (χ2v) is 8.16. The highest BCUT2D eigenvalue weighted by Gasteiger charge is 2.54. The monoisotopic (exact) mass is 292 g/mol. The molecule has 5 aliphatic rings. The quantitative estimate of drug-likeness (QED) is 0.860. The number of nitrogens with zero attached hydrogens (tertiary/aromatic N) is 1.